The summed E-state index contributed by atoms with van der Waals surface area (Å²) in [6, 6.07) is 32.3. The highest BCUT2D eigenvalue weighted by Gasteiger charge is 2.28. The van der Waals surface area contributed by atoms with Crippen molar-refractivity contribution in [2.75, 3.05) is 38.3 Å². The summed E-state index contributed by atoms with van der Waals surface area (Å²) < 4.78 is 12.8. The topological polar surface area (TPSA) is 144 Å². The van der Waals surface area contributed by atoms with E-state index in [9.17, 15) is 19.7 Å². The molecule has 4 aromatic carbocycles. The molecular formula is C38H31N7O6. The van der Waals surface area contributed by atoms with E-state index in [0.717, 1.165) is 11.1 Å². The van der Waals surface area contributed by atoms with Crippen LogP contribution in [0.5, 0.6) is 11.5 Å². The van der Waals surface area contributed by atoms with Crippen LogP contribution < -0.4 is 14.8 Å². The van der Waals surface area contributed by atoms with Gasteiger partial charge in [-0.05, 0) is 36.4 Å². The van der Waals surface area contributed by atoms with Gasteiger partial charge in [-0.1, -0.05) is 54.6 Å². The summed E-state index contributed by atoms with van der Waals surface area (Å²) in [7, 11) is 0. The highest BCUT2D eigenvalue weighted by atomic mass is 16.7. The fourth-order valence-corrected chi connectivity index (χ4v) is 6.38. The third-order valence-electron chi connectivity index (χ3n) is 9.05. The molecule has 1 fully saturated rings. The van der Waals surface area contributed by atoms with E-state index in [1.54, 1.807) is 38.6 Å². The van der Waals surface area contributed by atoms with Crippen LogP contribution in [0.15, 0.2) is 109 Å². The Hall–Kier alpha value is -6.76. The molecule has 0 saturated carbocycles. The third-order valence-corrected chi connectivity index (χ3v) is 9.05. The number of nitrogens with zero attached hydrogens (tertiary/aromatic N) is 6. The SMILES string of the molecule is O=C(c1cc(-c2ccc([N+](=O)[O-])cc2)n2nc(-c3ccccc3)cc2n1)N1CCN(C(=O)c2ccccc2NCc2cccc3c2OCO3)CC1. The van der Waals surface area contributed by atoms with Gasteiger partial charge >= 0.3 is 0 Å². The number of nitrogens with one attached hydrogen (secondary N) is 1. The van der Waals surface area contributed by atoms with Crippen LogP contribution in [-0.4, -0.2) is 74.1 Å². The molecule has 51 heavy (non-hydrogen) atoms. The fourth-order valence-electron chi connectivity index (χ4n) is 6.38. The molecule has 2 amide bonds. The maximum atomic E-state index is 14.0. The molecule has 6 aromatic rings. The van der Waals surface area contributed by atoms with E-state index in [4.69, 9.17) is 19.6 Å². The number of carbonyl (C=O) groups is 2. The van der Waals surface area contributed by atoms with Crippen LogP contribution in [0.4, 0.5) is 11.4 Å². The first kappa shape index (κ1) is 31.5. The molecule has 1 saturated heterocycles. The highest BCUT2D eigenvalue weighted by molar-refractivity contribution is 6.00. The average Bonchev–Trinajstić information content (AvgIpc) is 3.85. The van der Waals surface area contributed by atoms with Gasteiger partial charge < -0.3 is 24.6 Å². The van der Waals surface area contributed by atoms with Crippen molar-refractivity contribution in [2.24, 2.45) is 0 Å². The lowest BCUT2D eigenvalue weighted by Crippen LogP contribution is -2.50. The molecule has 0 aliphatic carbocycles. The zero-order valence-electron chi connectivity index (χ0n) is 27.3. The van der Waals surface area contributed by atoms with Gasteiger partial charge in [-0.3, -0.25) is 19.7 Å². The molecular weight excluding hydrogens is 650 g/mol. The zero-order valence-corrected chi connectivity index (χ0v) is 27.3. The summed E-state index contributed by atoms with van der Waals surface area (Å²) in [5.41, 5.74) is 5.57. The second-order valence-corrected chi connectivity index (χ2v) is 12.1. The lowest BCUT2D eigenvalue weighted by atomic mass is 10.1. The van der Waals surface area contributed by atoms with Gasteiger partial charge in [0.05, 0.1) is 21.9 Å². The number of amides is 2. The van der Waals surface area contributed by atoms with E-state index in [1.807, 2.05) is 72.8 Å². The number of carbonyl (C=O) groups excluding carboxylic acids is 2. The summed E-state index contributed by atoms with van der Waals surface area (Å²) in [6.07, 6.45) is 0. The number of nitro groups is 1. The molecule has 0 atom stereocenters. The van der Waals surface area contributed by atoms with Crippen molar-refractivity contribution < 1.29 is 24.0 Å². The highest BCUT2D eigenvalue weighted by Crippen LogP contribution is 2.36. The zero-order chi connectivity index (χ0) is 34.9. The minimum atomic E-state index is -0.456. The van der Waals surface area contributed by atoms with E-state index in [2.05, 4.69) is 5.32 Å². The largest absolute Gasteiger partial charge is 0.454 e. The molecule has 1 N–H and O–H groups in total. The number of benzene rings is 4. The quantitative estimate of drug-likeness (QED) is 0.153. The first-order valence-electron chi connectivity index (χ1n) is 16.4. The summed E-state index contributed by atoms with van der Waals surface area (Å²) in [5.74, 6) is 0.994. The van der Waals surface area contributed by atoms with Gasteiger partial charge in [0.1, 0.15) is 5.69 Å². The molecule has 0 radical (unpaired) electrons. The number of para-hydroxylation sites is 2. The van der Waals surface area contributed by atoms with Crippen LogP contribution in [-0.2, 0) is 6.54 Å². The van der Waals surface area contributed by atoms with Crippen molar-refractivity contribution in [3.05, 3.63) is 136 Å². The van der Waals surface area contributed by atoms with Gasteiger partial charge in [-0.25, -0.2) is 9.50 Å². The molecule has 254 valence electrons. The number of hydrogen-bond donors (Lipinski definition) is 1. The monoisotopic (exact) mass is 681 g/mol. The molecule has 0 unspecified atom stereocenters. The summed E-state index contributed by atoms with van der Waals surface area (Å²) in [6.45, 7) is 1.96. The first-order valence-corrected chi connectivity index (χ1v) is 16.4. The van der Waals surface area contributed by atoms with Crippen LogP contribution in [0, 0.1) is 10.1 Å². The number of aromatic nitrogens is 3. The fraction of sp³-hybridized carbons (Fsp3) is 0.158. The minimum Gasteiger partial charge on any atom is -0.454 e. The molecule has 0 bridgehead atoms. The van der Waals surface area contributed by atoms with Crippen LogP contribution in [0.1, 0.15) is 26.4 Å². The van der Waals surface area contributed by atoms with Crippen molar-refractivity contribution >= 4 is 28.8 Å². The molecule has 2 aromatic heterocycles. The van der Waals surface area contributed by atoms with Gasteiger partial charge in [-0.2, -0.15) is 5.10 Å². The predicted molar refractivity (Wildman–Crippen MR) is 189 cm³/mol. The standard InChI is InChI=1S/C38H31N7O6/c46-37(29-10-4-5-11-30(29)39-23-27-9-6-12-34-36(27)51-24-50-34)42-17-19-43(20-18-42)38(47)32-21-33(26-13-15-28(16-14-26)45(48)49)44-35(40-32)22-31(41-44)25-7-2-1-3-8-25/h1-16,21-22,39H,17-20,23-24H2. The molecule has 8 rings (SSSR count). The van der Waals surface area contributed by atoms with Gasteiger partial charge in [0.15, 0.2) is 17.1 Å². The summed E-state index contributed by atoms with van der Waals surface area (Å²) >= 11 is 0. The Kier molecular flexibility index (Phi) is 8.20. The Balaban J connectivity index is 1.01. The van der Waals surface area contributed by atoms with Crippen LogP contribution in [0.2, 0.25) is 0 Å². The number of anilines is 1. The number of rotatable bonds is 8. The van der Waals surface area contributed by atoms with Crippen molar-refractivity contribution in [3.8, 4) is 34.0 Å². The molecule has 4 heterocycles. The molecule has 2 aliphatic rings. The lowest BCUT2D eigenvalue weighted by molar-refractivity contribution is -0.384. The smallest absolute Gasteiger partial charge is 0.272 e. The maximum Gasteiger partial charge on any atom is 0.272 e. The lowest BCUT2D eigenvalue weighted by Gasteiger charge is -2.35. The van der Waals surface area contributed by atoms with Crippen LogP contribution >= 0.6 is 0 Å². The maximum absolute atomic E-state index is 14.0. The number of hydrogen-bond acceptors (Lipinski definition) is 9. The minimum absolute atomic E-state index is 0.0410. The van der Waals surface area contributed by atoms with Crippen molar-refractivity contribution in [3.63, 3.8) is 0 Å². The van der Waals surface area contributed by atoms with Gasteiger partial charge in [0, 0.05) is 73.3 Å². The first-order chi connectivity index (χ1) is 24.9. The molecule has 13 nitrogen and oxygen atoms in total. The van der Waals surface area contributed by atoms with Gasteiger partial charge in [0.25, 0.3) is 17.5 Å². The Morgan fingerprint density at radius 3 is 2.27 bits per heavy atom. The van der Waals surface area contributed by atoms with E-state index in [1.165, 1.54) is 12.1 Å². The second-order valence-electron chi connectivity index (χ2n) is 12.1. The summed E-state index contributed by atoms with van der Waals surface area (Å²) in [4.78, 5) is 46.7. The Labute approximate surface area is 291 Å². The van der Waals surface area contributed by atoms with Crippen LogP contribution in [0.3, 0.4) is 0 Å². The Bertz CT molecular complexity index is 2280. The van der Waals surface area contributed by atoms with Crippen molar-refractivity contribution in [1.82, 2.24) is 24.4 Å². The van der Waals surface area contributed by atoms with E-state index < -0.39 is 4.92 Å². The normalized spacial score (nSPS) is 13.7. The van der Waals surface area contributed by atoms with Gasteiger partial charge in [0.2, 0.25) is 6.79 Å². The Morgan fingerprint density at radius 2 is 1.51 bits per heavy atom. The van der Waals surface area contributed by atoms with Crippen molar-refractivity contribution in [2.45, 2.75) is 6.54 Å². The number of piperazine rings is 1. The number of fused-ring (bicyclic) bond motifs is 2. The second kappa shape index (κ2) is 13.3. The molecule has 0 spiro atoms. The molecule has 13 heteroatoms. The third kappa shape index (κ3) is 6.16. The van der Waals surface area contributed by atoms with E-state index >= 15 is 0 Å². The Morgan fingerprint density at radius 1 is 0.784 bits per heavy atom. The van der Waals surface area contributed by atoms with Crippen LogP contribution in [0.25, 0.3) is 28.2 Å². The number of ether oxygens (including phenoxy) is 2. The van der Waals surface area contributed by atoms with Gasteiger partial charge in [-0.15, -0.1) is 0 Å². The van der Waals surface area contributed by atoms with Crippen molar-refractivity contribution in [1.29, 1.82) is 0 Å². The average molecular weight is 682 g/mol. The number of non-ortho nitro benzene ring substituents is 1. The summed E-state index contributed by atoms with van der Waals surface area (Å²) in [5, 5.41) is 19.5. The van der Waals surface area contributed by atoms with E-state index in [-0.39, 0.29) is 30.0 Å². The molecule has 2 aliphatic heterocycles. The predicted octanol–water partition coefficient (Wildman–Crippen LogP) is 5.91. The number of nitro benzene ring substituents is 1. The van der Waals surface area contributed by atoms with E-state index in [0.29, 0.717) is 78.1 Å².